The SMILES string of the molecule is COc1ccc(Cl)c2[nH]c(C(=O)N3CC4(CCCCC4)CC3C(=O)NC(C#N)CC3CCCNC3=O)cc12. The van der Waals surface area contributed by atoms with Crippen LogP contribution in [-0.4, -0.2) is 59.9 Å². The second-order valence-corrected chi connectivity index (χ2v) is 11.4. The van der Waals surface area contributed by atoms with E-state index < -0.39 is 12.1 Å². The molecule has 3 aliphatic rings. The van der Waals surface area contributed by atoms with Crippen LogP contribution in [0.5, 0.6) is 5.75 Å². The molecule has 0 bridgehead atoms. The molecule has 1 spiro atoms. The summed E-state index contributed by atoms with van der Waals surface area (Å²) in [6.45, 7) is 1.14. The lowest BCUT2D eigenvalue weighted by Crippen LogP contribution is -2.49. The average Bonchev–Trinajstić information content (AvgIpc) is 3.53. The predicted molar refractivity (Wildman–Crippen MR) is 143 cm³/mol. The topological polar surface area (TPSA) is 127 Å². The number of halogens is 1. The molecule has 202 valence electrons. The van der Waals surface area contributed by atoms with E-state index in [9.17, 15) is 19.6 Å². The summed E-state index contributed by atoms with van der Waals surface area (Å²) in [5.41, 5.74) is 0.841. The first kappa shape index (κ1) is 26.4. The number of H-pyrrole nitrogens is 1. The number of nitrogens with zero attached hydrogens (tertiary/aromatic N) is 2. The van der Waals surface area contributed by atoms with Gasteiger partial charge in [-0.15, -0.1) is 0 Å². The van der Waals surface area contributed by atoms with Crippen LogP contribution in [0.2, 0.25) is 5.02 Å². The zero-order chi connectivity index (χ0) is 26.9. The number of ether oxygens (including phenoxy) is 1. The van der Waals surface area contributed by atoms with Crippen LogP contribution in [-0.2, 0) is 9.59 Å². The molecule has 9 nitrogen and oxygen atoms in total. The van der Waals surface area contributed by atoms with Crippen LogP contribution in [0, 0.1) is 22.7 Å². The van der Waals surface area contributed by atoms with Gasteiger partial charge >= 0.3 is 0 Å². The van der Waals surface area contributed by atoms with Gasteiger partial charge in [-0.1, -0.05) is 30.9 Å². The monoisotopic (exact) mass is 539 g/mol. The highest BCUT2D eigenvalue weighted by atomic mass is 35.5. The molecule has 3 unspecified atom stereocenters. The first-order chi connectivity index (χ1) is 18.3. The summed E-state index contributed by atoms with van der Waals surface area (Å²) in [6, 6.07) is 5.86. The quantitative estimate of drug-likeness (QED) is 0.512. The first-order valence-corrected chi connectivity index (χ1v) is 13.9. The Morgan fingerprint density at radius 1 is 1.29 bits per heavy atom. The number of aromatic nitrogens is 1. The van der Waals surface area contributed by atoms with Gasteiger partial charge in [0.15, 0.2) is 0 Å². The summed E-state index contributed by atoms with van der Waals surface area (Å²) in [4.78, 5) is 44.6. The molecule has 1 aliphatic carbocycles. The van der Waals surface area contributed by atoms with Crippen molar-refractivity contribution < 1.29 is 19.1 Å². The zero-order valence-electron chi connectivity index (χ0n) is 21.6. The molecule has 2 saturated heterocycles. The smallest absolute Gasteiger partial charge is 0.271 e. The van der Waals surface area contributed by atoms with Crippen LogP contribution in [0.3, 0.4) is 0 Å². The fourth-order valence-corrected chi connectivity index (χ4v) is 6.74. The van der Waals surface area contributed by atoms with Gasteiger partial charge in [-0.25, -0.2) is 0 Å². The lowest BCUT2D eigenvalue weighted by molar-refractivity contribution is -0.128. The second kappa shape index (κ2) is 10.9. The van der Waals surface area contributed by atoms with Crippen molar-refractivity contribution in [3.8, 4) is 11.8 Å². The Balaban J connectivity index is 1.39. The number of rotatable bonds is 6. The number of amides is 3. The van der Waals surface area contributed by atoms with E-state index in [1.807, 2.05) is 0 Å². The number of carbonyl (C=O) groups excluding carboxylic acids is 3. The largest absolute Gasteiger partial charge is 0.496 e. The van der Waals surface area contributed by atoms with Gasteiger partial charge in [0.25, 0.3) is 5.91 Å². The third-order valence-electron chi connectivity index (χ3n) is 8.53. The van der Waals surface area contributed by atoms with Gasteiger partial charge in [-0.2, -0.15) is 5.26 Å². The molecular weight excluding hydrogens is 506 g/mol. The van der Waals surface area contributed by atoms with Crippen molar-refractivity contribution in [2.75, 3.05) is 20.2 Å². The number of hydrogen-bond donors (Lipinski definition) is 3. The van der Waals surface area contributed by atoms with Crippen LogP contribution in [0.25, 0.3) is 10.9 Å². The molecule has 2 aliphatic heterocycles. The second-order valence-electron chi connectivity index (χ2n) is 11.0. The normalized spacial score (nSPS) is 23.6. The van der Waals surface area contributed by atoms with Gasteiger partial charge in [0.05, 0.1) is 23.7 Å². The maximum atomic E-state index is 13.9. The summed E-state index contributed by atoms with van der Waals surface area (Å²) in [7, 11) is 1.56. The lowest BCUT2D eigenvalue weighted by atomic mass is 9.72. The molecule has 3 fully saturated rings. The standard InChI is InChI=1S/C28H34ClN5O4/c1-38-23-8-7-20(29)24-19(23)13-21(33-24)27(37)34-16-28(9-3-2-4-10-28)14-22(34)26(36)32-18(15-30)12-17-6-5-11-31-25(17)35/h7-8,13,17-18,22,33H,2-6,9-12,14,16H2,1H3,(H,31,35)(H,32,36). The Bertz CT molecular complexity index is 1280. The van der Waals surface area contributed by atoms with Gasteiger partial charge < -0.3 is 25.3 Å². The highest BCUT2D eigenvalue weighted by Crippen LogP contribution is 2.47. The lowest BCUT2D eigenvalue weighted by Gasteiger charge is -2.32. The molecule has 38 heavy (non-hydrogen) atoms. The van der Waals surface area contributed by atoms with E-state index in [4.69, 9.17) is 16.3 Å². The van der Waals surface area contributed by atoms with Crippen LogP contribution >= 0.6 is 11.6 Å². The molecule has 1 saturated carbocycles. The fraction of sp³-hybridized carbons (Fsp3) is 0.571. The van der Waals surface area contributed by atoms with Gasteiger partial charge in [0, 0.05) is 24.4 Å². The number of carbonyl (C=O) groups is 3. The van der Waals surface area contributed by atoms with Crippen molar-refractivity contribution in [1.29, 1.82) is 5.26 Å². The summed E-state index contributed by atoms with van der Waals surface area (Å²) in [6.07, 6.45) is 7.64. The zero-order valence-corrected chi connectivity index (χ0v) is 22.4. The molecule has 3 N–H and O–H groups in total. The van der Waals surface area contributed by atoms with Gasteiger partial charge in [-0.05, 0) is 62.1 Å². The molecule has 0 radical (unpaired) electrons. The minimum absolute atomic E-state index is 0.0718. The van der Waals surface area contributed by atoms with Crippen molar-refractivity contribution >= 4 is 40.2 Å². The molecule has 2 aromatic rings. The van der Waals surface area contributed by atoms with Crippen LogP contribution < -0.4 is 15.4 Å². The minimum atomic E-state index is -0.799. The van der Waals surface area contributed by atoms with E-state index in [-0.39, 0.29) is 35.5 Å². The third-order valence-corrected chi connectivity index (χ3v) is 8.85. The molecule has 10 heteroatoms. The minimum Gasteiger partial charge on any atom is -0.496 e. The van der Waals surface area contributed by atoms with E-state index in [0.717, 1.165) is 38.5 Å². The van der Waals surface area contributed by atoms with Gasteiger partial charge in [-0.3, -0.25) is 14.4 Å². The van der Waals surface area contributed by atoms with Gasteiger partial charge in [0.2, 0.25) is 11.8 Å². The Kier molecular flexibility index (Phi) is 7.53. The number of aromatic amines is 1. The van der Waals surface area contributed by atoms with E-state index in [2.05, 4.69) is 21.7 Å². The van der Waals surface area contributed by atoms with Gasteiger partial charge in [0.1, 0.15) is 23.5 Å². The summed E-state index contributed by atoms with van der Waals surface area (Å²) >= 11 is 6.39. The van der Waals surface area contributed by atoms with E-state index in [1.54, 1.807) is 30.2 Å². The van der Waals surface area contributed by atoms with Crippen molar-refractivity contribution in [2.24, 2.45) is 11.3 Å². The number of likely N-dealkylation sites (tertiary alicyclic amines) is 1. The van der Waals surface area contributed by atoms with Crippen molar-refractivity contribution in [2.45, 2.75) is 69.9 Å². The van der Waals surface area contributed by atoms with E-state index >= 15 is 0 Å². The van der Waals surface area contributed by atoms with Crippen LogP contribution in [0.4, 0.5) is 0 Å². The summed E-state index contributed by atoms with van der Waals surface area (Å²) in [5.74, 6) is -0.386. The Labute approximate surface area is 227 Å². The molecule has 3 heterocycles. The summed E-state index contributed by atoms with van der Waals surface area (Å²) < 4.78 is 5.45. The van der Waals surface area contributed by atoms with E-state index in [1.165, 1.54) is 0 Å². The Hall–Kier alpha value is -3.25. The number of piperidine rings is 1. The maximum Gasteiger partial charge on any atom is 0.271 e. The van der Waals surface area contributed by atoms with Crippen molar-refractivity contribution in [3.05, 3.63) is 28.9 Å². The number of benzene rings is 1. The number of methoxy groups -OCH3 is 1. The number of hydrogen-bond acceptors (Lipinski definition) is 5. The highest BCUT2D eigenvalue weighted by Gasteiger charge is 2.49. The van der Waals surface area contributed by atoms with E-state index in [0.29, 0.717) is 53.3 Å². The molecule has 3 amide bonds. The van der Waals surface area contributed by atoms with Crippen molar-refractivity contribution in [1.82, 2.24) is 20.5 Å². The third kappa shape index (κ3) is 5.06. The Morgan fingerprint density at radius 3 is 2.79 bits per heavy atom. The summed E-state index contributed by atoms with van der Waals surface area (Å²) in [5, 5.41) is 16.7. The highest BCUT2D eigenvalue weighted by molar-refractivity contribution is 6.35. The molecule has 1 aromatic carbocycles. The molecule has 1 aromatic heterocycles. The number of fused-ring (bicyclic) bond motifs is 1. The average molecular weight is 540 g/mol. The molecular formula is C28H34ClN5O4. The number of nitriles is 1. The number of nitrogens with one attached hydrogen (secondary N) is 3. The predicted octanol–water partition coefficient (Wildman–Crippen LogP) is 3.92. The first-order valence-electron chi connectivity index (χ1n) is 13.5. The van der Waals surface area contributed by atoms with Crippen LogP contribution in [0.1, 0.15) is 68.3 Å². The molecule has 5 rings (SSSR count). The van der Waals surface area contributed by atoms with Crippen LogP contribution in [0.15, 0.2) is 18.2 Å². The Morgan fingerprint density at radius 2 is 2.08 bits per heavy atom. The maximum absolute atomic E-state index is 13.9. The van der Waals surface area contributed by atoms with Crippen molar-refractivity contribution in [3.63, 3.8) is 0 Å². The molecule has 3 atom stereocenters. The fourth-order valence-electron chi connectivity index (χ4n) is 6.53.